The lowest BCUT2D eigenvalue weighted by molar-refractivity contribution is 0.200. The third-order valence-electron chi connectivity index (χ3n) is 3.12. The Morgan fingerprint density at radius 2 is 2.27 bits per heavy atom. The van der Waals surface area contributed by atoms with Crippen molar-refractivity contribution in [2.24, 2.45) is 0 Å². The van der Waals surface area contributed by atoms with Gasteiger partial charge in [0.15, 0.2) is 5.82 Å². The van der Waals surface area contributed by atoms with E-state index in [0.717, 1.165) is 23.0 Å². The Morgan fingerprint density at radius 1 is 1.36 bits per heavy atom. The fourth-order valence-electron chi connectivity index (χ4n) is 2.11. The van der Waals surface area contributed by atoms with Gasteiger partial charge in [0.25, 0.3) is 0 Å². The summed E-state index contributed by atoms with van der Waals surface area (Å²) in [5.74, 6) is 1.60. The van der Waals surface area contributed by atoms with Gasteiger partial charge in [0.1, 0.15) is 5.82 Å². The summed E-state index contributed by atoms with van der Waals surface area (Å²) in [6, 6.07) is 7.58. The Labute approximate surface area is 137 Å². The van der Waals surface area contributed by atoms with E-state index in [1.165, 1.54) is 0 Å². The van der Waals surface area contributed by atoms with Crippen molar-refractivity contribution in [2.45, 2.75) is 12.8 Å². The minimum atomic E-state index is 0.593. The summed E-state index contributed by atoms with van der Waals surface area (Å²) < 4.78 is 6.93. The molecule has 0 amide bonds. The molecule has 0 N–H and O–H groups in total. The maximum Gasteiger partial charge on any atom is 0.153 e. The van der Waals surface area contributed by atoms with Gasteiger partial charge in [-0.3, -0.25) is 0 Å². The van der Waals surface area contributed by atoms with Crippen LogP contribution in [0.25, 0.3) is 5.69 Å². The molecule has 22 heavy (non-hydrogen) atoms. The third kappa shape index (κ3) is 3.52. The number of methoxy groups -OCH3 is 1. The smallest absolute Gasteiger partial charge is 0.153 e. The number of ether oxygens (including phenoxy) is 1. The first kappa shape index (κ1) is 15.1. The van der Waals surface area contributed by atoms with Crippen LogP contribution in [0.2, 0.25) is 5.02 Å². The number of hydrogen-bond donors (Lipinski definition) is 0. The largest absolute Gasteiger partial charge is 0.384 e. The molecule has 0 atom stereocenters. The van der Waals surface area contributed by atoms with Crippen molar-refractivity contribution in [2.75, 3.05) is 13.7 Å². The molecule has 5 nitrogen and oxygen atoms in total. The minimum absolute atomic E-state index is 0.593. The molecular weight excluding hydrogens is 320 g/mol. The number of hydrogen-bond acceptors (Lipinski definition) is 5. The van der Waals surface area contributed by atoms with Crippen LogP contribution < -0.4 is 0 Å². The Morgan fingerprint density at radius 3 is 3.00 bits per heavy atom. The molecule has 3 rings (SSSR count). The molecule has 2 heterocycles. The maximum atomic E-state index is 6.09. The highest BCUT2D eigenvalue weighted by atomic mass is 35.5. The standard InChI is InChI=1S/C15H15ClN4OS/c1-21-6-5-14-18-15(8-12-9-22-10-17-12)20(19-14)13-4-2-3-11(16)7-13/h2-4,7,9-10H,5-6,8H2,1H3. The maximum absolute atomic E-state index is 6.09. The summed E-state index contributed by atoms with van der Waals surface area (Å²) in [7, 11) is 1.67. The van der Waals surface area contributed by atoms with Gasteiger partial charge >= 0.3 is 0 Å². The van der Waals surface area contributed by atoms with E-state index in [4.69, 9.17) is 16.3 Å². The van der Waals surface area contributed by atoms with Crippen LogP contribution >= 0.6 is 22.9 Å². The summed E-state index contributed by atoms with van der Waals surface area (Å²) in [5, 5.41) is 7.27. The molecule has 1 aromatic carbocycles. The molecule has 0 aliphatic rings. The van der Waals surface area contributed by atoms with Crippen LogP contribution in [0.4, 0.5) is 0 Å². The SMILES string of the molecule is COCCc1nc(Cc2cscn2)n(-c2cccc(Cl)c2)n1. The van der Waals surface area contributed by atoms with Gasteiger partial charge in [-0.1, -0.05) is 17.7 Å². The predicted octanol–water partition coefficient (Wildman–Crippen LogP) is 3.16. The van der Waals surface area contributed by atoms with E-state index in [1.807, 2.05) is 39.8 Å². The highest BCUT2D eigenvalue weighted by molar-refractivity contribution is 7.07. The molecule has 0 spiro atoms. The number of benzene rings is 1. The van der Waals surface area contributed by atoms with Crippen LogP contribution in [0.3, 0.4) is 0 Å². The van der Waals surface area contributed by atoms with Crippen molar-refractivity contribution in [3.63, 3.8) is 0 Å². The molecular formula is C15H15ClN4OS. The number of nitrogens with zero attached hydrogens (tertiary/aromatic N) is 4. The Balaban J connectivity index is 1.96. The first-order valence-corrected chi connectivity index (χ1v) is 8.15. The summed E-state index contributed by atoms with van der Waals surface area (Å²) in [5.41, 5.74) is 3.70. The zero-order chi connectivity index (χ0) is 15.4. The zero-order valence-electron chi connectivity index (χ0n) is 12.1. The molecule has 0 saturated heterocycles. The van der Waals surface area contributed by atoms with E-state index in [1.54, 1.807) is 18.4 Å². The highest BCUT2D eigenvalue weighted by Gasteiger charge is 2.13. The summed E-state index contributed by atoms with van der Waals surface area (Å²) >= 11 is 7.66. The molecule has 0 radical (unpaired) electrons. The minimum Gasteiger partial charge on any atom is -0.384 e. The van der Waals surface area contributed by atoms with Crippen LogP contribution in [-0.4, -0.2) is 33.5 Å². The Hall–Kier alpha value is -1.76. The third-order valence-corrected chi connectivity index (χ3v) is 3.99. The van der Waals surface area contributed by atoms with E-state index in [-0.39, 0.29) is 0 Å². The van der Waals surface area contributed by atoms with Crippen molar-refractivity contribution in [1.29, 1.82) is 0 Å². The molecule has 0 aliphatic heterocycles. The first-order valence-electron chi connectivity index (χ1n) is 6.83. The average molecular weight is 335 g/mol. The zero-order valence-corrected chi connectivity index (χ0v) is 13.6. The normalized spacial score (nSPS) is 11.0. The molecule has 0 fully saturated rings. The van der Waals surface area contributed by atoms with Crippen LogP contribution in [0.15, 0.2) is 35.2 Å². The molecule has 0 bridgehead atoms. The second kappa shape index (κ2) is 7.00. The van der Waals surface area contributed by atoms with Crippen LogP contribution in [0.5, 0.6) is 0 Å². The number of thiazole rings is 1. The summed E-state index contributed by atoms with van der Waals surface area (Å²) in [6.45, 7) is 0.593. The molecule has 2 aromatic heterocycles. The lowest BCUT2D eigenvalue weighted by Gasteiger charge is -2.05. The lowest BCUT2D eigenvalue weighted by atomic mass is 10.3. The van der Waals surface area contributed by atoms with Crippen LogP contribution in [0, 0.1) is 0 Å². The molecule has 0 saturated carbocycles. The van der Waals surface area contributed by atoms with Gasteiger partial charge in [0, 0.05) is 23.9 Å². The van der Waals surface area contributed by atoms with Crippen molar-refractivity contribution in [3.8, 4) is 5.69 Å². The average Bonchev–Trinajstić information content (AvgIpc) is 3.15. The van der Waals surface area contributed by atoms with E-state index in [0.29, 0.717) is 24.5 Å². The van der Waals surface area contributed by atoms with Gasteiger partial charge in [0.05, 0.1) is 29.9 Å². The lowest BCUT2D eigenvalue weighted by Crippen LogP contribution is -2.04. The van der Waals surface area contributed by atoms with Crippen molar-refractivity contribution in [3.05, 3.63) is 57.5 Å². The van der Waals surface area contributed by atoms with E-state index in [2.05, 4.69) is 15.1 Å². The fourth-order valence-corrected chi connectivity index (χ4v) is 2.85. The Kier molecular flexibility index (Phi) is 4.82. The van der Waals surface area contributed by atoms with Gasteiger partial charge < -0.3 is 4.74 Å². The molecule has 0 unspecified atom stereocenters. The topological polar surface area (TPSA) is 52.8 Å². The fraction of sp³-hybridized carbons (Fsp3) is 0.267. The summed E-state index contributed by atoms with van der Waals surface area (Å²) in [6.07, 6.45) is 1.31. The van der Waals surface area contributed by atoms with Gasteiger partial charge in [0.2, 0.25) is 0 Å². The number of halogens is 1. The second-order valence-corrected chi connectivity index (χ2v) is 5.89. The monoisotopic (exact) mass is 334 g/mol. The molecule has 114 valence electrons. The van der Waals surface area contributed by atoms with E-state index < -0.39 is 0 Å². The van der Waals surface area contributed by atoms with Gasteiger partial charge in [-0.25, -0.2) is 14.6 Å². The summed E-state index contributed by atoms with van der Waals surface area (Å²) in [4.78, 5) is 8.94. The van der Waals surface area contributed by atoms with Crippen molar-refractivity contribution in [1.82, 2.24) is 19.7 Å². The number of aromatic nitrogens is 4. The first-order chi connectivity index (χ1) is 10.8. The van der Waals surface area contributed by atoms with Gasteiger partial charge in [-0.15, -0.1) is 11.3 Å². The molecule has 3 aromatic rings. The van der Waals surface area contributed by atoms with Gasteiger partial charge in [-0.2, -0.15) is 5.10 Å². The quantitative estimate of drug-likeness (QED) is 0.695. The predicted molar refractivity (Wildman–Crippen MR) is 86.9 cm³/mol. The van der Waals surface area contributed by atoms with Crippen molar-refractivity contribution < 1.29 is 4.74 Å². The highest BCUT2D eigenvalue weighted by Crippen LogP contribution is 2.18. The van der Waals surface area contributed by atoms with Crippen LogP contribution in [0.1, 0.15) is 17.3 Å². The van der Waals surface area contributed by atoms with E-state index in [9.17, 15) is 0 Å². The van der Waals surface area contributed by atoms with Crippen molar-refractivity contribution >= 4 is 22.9 Å². The molecule has 0 aliphatic carbocycles. The van der Waals surface area contributed by atoms with Gasteiger partial charge in [-0.05, 0) is 18.2 Å². The van der Waals surface area contributed by atoms with E-state index >= 15 is 0 Å². The molecule has 7 heteroatoms. The number of rotatable bonds is 6. The van der Waals surface area contributed by atoms with Crippen LogP contribution in [-0.2, 0) is 17.6 Å². The Bertz CT molecular complexity index is 742. The second-order valence-electron chi connectivity index (χ2n) is 4.74.